The molecule has 0 aliphatic carbocycles. The lowest BCUT2D eigenvalue weighted by molar-refractivity contribution is 1.54. The third-order valence-electron chi connectivity index (χ3n) is 0.704. The van der Waals surface area contributed by atoms with Crippen LogP contribution in [-0.2, 0) is 0 Å². The molecule has 0 radical (unpaired) electrons. The van der Waals surface area contributed by atoms with Gasteiger partial charge < -0.3 is 0 Å². The Morgan fingerprint density at radius 2 is 1.10 bits per heavy atom. The summed E-state index contributed by atoms with van der Waals surface area (Å²) in [7, 11) is 0. The SMILES string of the molecule is CCSP(SCC)SCC. The fourth-order valence-corrected chi connectivity index (χ4v) is 11.6. The molecule has 0 unspecified atom stereocenters. The second-order valence-electron chi connectivity index (χ2n) is 1.48. The van der Waals surface area contributed by atoms with E-state index in [-0.39, 0.29) is 5.53 Å². The zero-order valence-electron chi connectivity index (χ0n) is 6.79. The van der Waals surface area contributed by atoms with Gasteiger partial charge in [0.1, 0.15) is 0 Å². The van der Waals surface area contributed by atoms with Crippen molar-refractivity contribution in [3.63, 3.8) is 0 Å². The Morgan fingerprint density at radius 1 is 0.800 bits per heavy atom. The van der Waals surface area contributed by atoms with E-state index in [1.807, 2.05) is 0 Å². The van der Waals surface area contributed by atoms with Crippen LogP contribution in [0, 0.1) is 0 Å². The highest BCUT2D eigenvalue weighted by molar-refractivity contribution is 9.12. The molecule has 0 aromatic rings. The minimum Gasteiger partial charge on any atom is -0.113 e. The van der Waals surface area contributed by atoms with Crippen molar-refractivity contribution >= 4 is 39.7 Å². The summed E-state index contributed by atoms with van der Waals surface area (Å²) in [5, 5.41) is 0. The molecule has 0 bridgehead atoms. The molecule has 0 spiro atoms. The third-order valence-corrected chi connectivity index (χ3v) is 12.0. The maximum absolute atomic E-state index is 2.24. The van der Waals surface area contributed by atoms with Crippen LogP contribution in [0.4, 0.5) is 0 Å². The smallest absolute Gasteiger partial charge is 0.0728 e. The number of rotatable bonds is 6. The normalized spacial score (nSPS) is 10.8. The van der Waals surface area contributed by atoms with Crippen molar-refractivity contribution in [3.05, 3.63) is 0 Å². The molecule has 0 rings (SSSR count). The molecule has 0 atom stereocenters. The van der Waals surface area contributed by atoms with Crippen LogP contribution >= 0.6 is 39.7 Å². The molecule has 62 valence electrons. The first-order valence-corrected chi connectivity index (χ1v) is 9.65. The Bertz CT molecular complexity index is 55.7. The Kier molecular flexibility index (Phi) is 9.84. The maximum Gasteiger partial charge on any atom is 0.0728 e. The molecule has 0 aliphatic heterocycles. The number of hydrogen-bond acceptors (Lipinski definition) is 3. The van der Waals surface area contributed by atoms with Crippen molar-refractivity contribution in [2.24, 2.45) is 0 Å². The van der Waals surface area contributed by atoms with E-state index in [2.05, 4.69) is 54.9 Å². The first kappa shape index (κ1) is 11.5. The van der Waals surface area contributed by atoms with E-state index in [1.165, 1.54) is 17.3 Å². The van der Waals surface area contributed by atoms with E-state index < -0.39 is 0 Å². The highest BCUT2D eigenvalue weighted by Crippen LogP contribution is 2.69. The highest BCUT2D eigenvalue weighted by atomic mass is 33.4. The summed E-state index contributed by atoms with van der Waals surface area (Å²) in [5.41, 5.74) is 0.189. The average Bonchev–Trinajstić information content (AvgIpc) is 1.90. The second-order valence-corrected chi connectivity index (χ2v) is 12.1. The molecule has 0 heterocycles. The summed E-state index contributed by atoms with van der Waals surface area (Å²) in [6, 6.07) is 0. The lowest BCUT2D eigenvalue weighted by Crippen LogP contribution is -1.66. The maximum atomic E-state index is 2.24. The molecule has 0 saturated carbocycles. The van der Waals surface area contributed by atoms with E-state index in [0.29, 0.717) is 0 Å². The average molecular weight is 214 g/mol. The van der Waals surface area contributed by atoms with Gasteiger partial charge in [-0.15, -0.1) is 34.1 Å². The van der Waals surface area contributed by atoms with Gasteiger partial charge in [-0.05, 0) is 17.3 Å². The molecular weight excluding hydrogens is 199 g/mol. The first-order valence-electron chi connectivity index (χ1n) is 3.54. The van der Waals surface area contributed by atoms with Crippen LogP contribution in [0.3, 0.4) is 0 Å². The summed E-state index contributed by atoms with van der Waals surface area (Å²) in [6.45, 7) is 6.73. The van der Waals surface area contributed by atoms with Crippen LogP contribution in [-0.4, -0.2) is 17.3 Å². The van der Waals surface area contributed by atoms with Gasteiger partial charge in [0.2, 0.25) is 0 Å². The van der Waals surface area contributed by atoms with Crippen LogP contribution in [0.25, 0.3) is 0 Å². The van der Waals surface area contributed by atoms with Crippen LogP contribution in [0.1, 0.15) is 20.8 Å². The van der Waals surface area contributed by atoms with Crippen molar-refractivity contribution in [2.75, 3.05) is 17.3 Å². The van der Waals surface area contributed by atoms with Crippen LogP contribution in [0.15, 0.2) is 0 Å². The number of hydrogen-bond donors (Lipinski definition) is 0. The topological polar surface area (TPSA) is 0 Å². The summed E-state index contributed by atoms with van der Waals surface area (Å²) < 4.78 is 0. The van der Waals surface area contributed by atoms with Gasteiger partial charge in [-0.1, -0.05) is 20.8 Å². The van der Waals surface area contributed by atoms with Crippen LogP contribution in [0.2, 0.25) is 0 Å². The fourth-order valence-electron chi connectivity index (χ4n) is 0.428. The van der Waals surface area contributed by atoms with Crippen molar-refractivity contribution in [3.8, 4) is 0 Å². The predicted octanol–water partition coefficient (Wildman–Crippen LogP) is 4.47. The fraction of sp³-hybridized carbons (Fsp3) is 1.00. The van der Waals surface area contributed by atoms with E-state index >= 15 is 0 Å². The molecule has 0 aliphatic rings. The van der Waals surface area contributed by atoms with Crippen molar-refractivity contribution < 1.29 is 0 Å². The second kappa shape index (κ2) is 8.58. The monoisotopic (exact) mass is 214 g/mol. The van der Waals surface area contributed by atoms with Gasteiger partial charge in [-0.25, -0.2) is 0 Å². The molecule has 0 saturated heterocycles. The summed E-state index contributed by atoms with van der Waals surface area (Å²) in [5.74, 6) is 3.81. The molecule has 0 aromatic carbocycles. The third kappa shape index (κ3) is 6.21. The quantitative estimate of drug-likeness (QED) is 0.599. The van der Waals surface area contributed by atoms with Gasteiger partial charge in [0.05, 0.1) is 5.53 Å². The largest absolute Gasteiger partial charge is 0.113 e. The molecule has 0 fully saturated rings. The Morgan fingerprint density at radius 3 is 1.30 bits per heavy atom. The van der Waals surface area contributed by atoms with Gasteiger partial charge in [0.15, 0.2) is 0 Å². The molecule has 4 heteroatoms. The van der Waals surface area contributed by atoms with E-state index in [0.717, 1.165) is 0 Å². The zero-order valence-corrected chi connectivity index (χ0v) is 10.1. The molecule has 0 N–H and O–H groups in total. The zero-order chi connectivity index (χ0) is 7.82. The minimum absolute atomic E-state index is 0.189. The molecule has 10 heavy (non-hydrogen) atoms. The molecule has 0 amide bonds. The van der Waals surface area contributed by atoms with Gasteiger partial charge >= 0.3 is 0 Å². The predicted molar refractivity (Wildman–Crippen MR) is 61.3 cm³/mol. The minimum atomic E-state index is 0.189. The van der Waals surface area contributed by atoms with Gasteiger partial charge in [-0.3, -0.25) is 0 Å². The molecule has 0 aromatic heterocycles. The van der Waals surface area contributed by atoms with Gasteiger partial charge in [0, 0.05) is 0 Å². The van der Waals surface area contributed by atoms with Crippen LogP contribution < -0.4 is 0 Å². The standard InChI is InChI=1S/C6H15PS3/c1-4-8-7(9-5-2)10-6-3/h4-6H2,1-3H3. The summed E-state index contributed by atoms with van der Waals surface area (Å²) in [6.07, 6.45) is 0. The highest BCUT2D eigenvalue weighted by Gasteiger charge is 2.05. The van der Waals surface area contributed by atoms with Crippen LogP contribution in [0.5, 0.6) is 0 Å². The lowest BCUT2D eigenvalue weighted by Gasteiger charge is -2.11. The van der Waals surface area contributed by atoms with Crippen molar-refractivity contribution in [1.29, 1.82) is 0 Å². The first-order chi connectivity index (χ1) is 4.85. The summed E-state index contributed by atoms with van der Waals surface area (Å²) >= 11 is 6.35. The van der Waals surface area contributed by atoms with Crippen molar-refractivity contribution in [1.82, 2.24) is 0 Å². The molecular formula is C6H15PS3. The van der Waals surface area contributed by atoms with Gasteiger partial charge in [0.25, 0.3) is 0 Å². The molecule has 0 nitrogen and oxygen atoms in total. The van der Waals surface area contributed by atoms with E-state index in [1.54, 1.807) is 0 Å². The van der Waals surface area contributed by atoms with Gasteiger partial charge in [-0.2, -0.15) is 0 Å². The van der Waals surface area contributed by atoms with E-state index in [9.17, 15) is 0 Å². The Balaban J connectivity index is 3.30. The summed E-state index contributed by atoms with van der Waals surface area (Å²) in [4.78, 5) is 0. The van der Waals surface area contributed by atoms with E-state index in [4.69, 9.17) is 0 Å². The van der Waals surface area contributed by atoms with Crippen molar-refractivity contribution in [2.45, 2.75) is 20.8 Å². The Labute approximate surface area is 77.7 Å². The lowest BCUT2D eigenvalue weighted by atomic mass is 11.0. The Hall–Kier alpha value is 1.48.